The lowest BCUT2D eigenvalue weighted by Crippen LogP contribution is -2.32. The molecule has 0 aliphatic carbocycles. The van der Waals surface area contributed by atoms with Crippen LogP contribution >= 0.6 is 0 Å². The quantitative estimate of drug-likeness (QED) is 0.573. The molecule has 3 aromatic rings. The lowest BCUT2D eigenvalue weighted by Gasteiger charge is -2.13. The van der Waals surface area contributed by atoms with Gasteiger partial charge in [-0.1, -0.05) is 0 Å². The molecule has 0 aliphatic rings. The van der Waals surface area contributed by atoms with Gasteiger partial charge in [0, 0.05) is 17.3 Å². The Hall–Kier alpha value is -3.82. The molecule has 0 saturated carbocycles. The van der Waals surface area contributed by atoms with Gasteiger partial charge in [0.05, 0.1) is 0 Å². The van der Waals surface area contributed by atoms with Crippen LogP contribution < -0.4 is 20.5 Å². The number of nitrogens with zero attached hydrogens (tertiary/aromatic N) is 2. The molecule has 10 heteroatoms. The number of carbonyl (C=O) groups excluding carboxylic acids is 1. The number of anilines is 1. The summed E-state index contributed by atoms with van der Waals surface area (Å²) in [7, 11) is 0. The zero-order valence-corrected chi connectivity index (χ0v) is 16.6. The van der Waals surface area contributed by atoms with Gasteiger partial charge in [0.2, 0.25) is 5.91 Å². The molecule has 2 aromatic carbocycles. The second kappa shape index (κ2) is 8.90. The van der Waals surface area contributed by atoms with E-state index in [9.17, 15) is 18.0 Å². The highest BCUT2D eigenvalue weighted by Gasteiger charge is 2.31. The number of hydrogen-bond donors (Lipinski definition) is 2. The fourth-order valence-corrected chi connectivity index (χ4v) is 2.58. The molecule has 1 unspecified atom stereocenters. The summed E-state index contributed by atoms with van der Waals surface area (Å²) in [5.41, 5.74) is 6.68. The average molecular weight is 432 g/mol. The Morgan fingerprint density at radius 2 is 1.55 bits per heavy atom. The van der Waals surface area contributed by atoms with Gasteiger partial charge in [0.1, 0.15) is 29.1 Å². The molecule has 1 atom stereocenters. The van der Waals surface area contributed by atoms with Crippen LogP contribution in [0.2, 0.25) is 0 Å². The minimum absolute atomic E-state index is 0.332. The van der Waals surface area contributed by atoms with E-state index in [1.807, 2.05) is 0 Å². The van der Waals surface area contributed by atoms with Crippen LogP contribution in [0, 0.1) is 6.92 Å². The highest BCUT2D eigenvalue weighted by atomic mass is 19.4. The molecular formula is C21H19F3N4O3. The summed E-state index contributed by atoms with van der Waals surface area (Å²) in [5, 5.41) is 2.92. The highest BCUT2D eigenvalue weighted by molar-refractivity contribution is 5.82. The van der Waals surface area contributed by atoms with E-state index < -0.39 is 18.3 Å². The number of amides is 1. The van der Waals surface area contributed by atoms with Crippen molar-refractivity contribution in [2.24, 2.45) is 5.73 Å². The lowest BCUT2D eigenvalue weighted by molar-refractivity contribution is -0.274. The monoisotopic (exact) mass is 432 g/mol. The number of hydrogen-bond acceptors (Lipinski definition) is 6. The number of ether oxygens (including phenoxy) is 2. The van der Waals surface area contributed by atoms with Gasteiger partial charge in [-0.25, -0.2) is 9.97 Å². The van der Waals surface area contributed by atoms with Crippen molar-refractivity contribution in [2.75, 3.05) is 5.32 Å². The van der Waals surface area contributed by atoms with E-state index in [0.29, 0.717) is 34.4 Å². The first-order chi connectivity index (χ1) is 14.6. The van der Waals surface area contributed by atoms with E-state index >= 15 is 0 Å². The minimum Gasteiger partial charge on any atom is -0.457 e. The number of aromatic nitrogens is 2. The second-order valence-electron chi connectivity index (χ2n) is 6.63. The molecule has 0 saturated heterocycles. The number of halogens is 3. The first-order valence-electron chi connectivity index (χ1n) is 9.15. The van der Waals surface area contributed by atoms with Gasteiger partial charge in [-0.15, -0.1) is 13.2 Å². The van der Waals surface area contributed by atoms with E-state index in [-0.39, 0.29) is 5.75 Å². The molecule has 162 valence electrons. The average Bonchev–Trinajstić information content (AvgIpc) is 2.68. The van der Waals surface area contributed by atoms with Gasteiger partial charge in [0.15, 0.2) is 5.82 Å². The van der Waals surface area contributed by atoms with Gasteiger partial charge in [-0.05, 0) is 62.4 Å². The maximum Gasteiger partial charge on any atom is 0.573 e. The minimum atomic E-state index is -4.75. The van der Waals surface area contributed by atoms with Gasteiger partial charge in [-0.2, -0.15) is 0 Å². The lowest BCUT2D eigenvalue weighted by atomic mass is 10.2. The zero-order chi connectivity index (χ0) is 22.6. The summed E-state index contributed by atoms with van der Waals surface area (Å²) in [6, 6.07) is 13.0. The van der Waals surface area contributed by atoms with Gasteiger partial charge in [0.25, 0.3) is 0 Å². The van der Waals surface area contributed by atoms with E-state index in [1.165, 1.54) is 24.3 Å². The van der Waals surface area contributed by atoms with Crippen LogP contribution in [0.1, 0.15) is 12.6 Å². The third kappa shape index (κ3) is 6.33. The fourth-order valence-electron chi connectivity index (χ4n) is 2.58. The van der Waals surface area contributed by atoms with E-state index in [0.717, 1.165) is 0 Å². The highest BCUT2D eigenvalue weighted by Crippen LogP contribution is 2.28. The number of rotatable bonds is 7. The maximum atomic E-state index is 12.2. The summed E-state index contributed by atoms with van der Waals surface area (Å²) >= 11 is 0. The Balaban J connectivity index is 1.71. The Kier molecular flexibility index (Phi) is 6.28. The molecule has 1 aromatic heterocycles. The SMILES string of the molecule is Cc1cc(NC(C)C(N)=O)nc(-c2ccc(Oc3ccc(OC(F)(F)F)cc3)cc2)n1. The van der Waals surface area contributed by atoms with Crippen molar-refractivity contribution >= 4 is 11.7 Å². The van der Waals surface area contributed by atoms with Crippen molar-refractivity contribution in [2.45, 2.75) is 26.3 Å². The van der Waals surface area contributed by atoms with Gasteiger partial charge >= 0.3 is 6.36 Å². The van der Waals surface area contributed by atoms with E-state index in [1.54, 1.807) is 44.2 Å². The number of alkyl halides is 3. The number of primary amides is 1. The Bertz CT molecular complexity index is 1050. The number of aryl methyl sites for hydroxylation is 1. The van der Waals surface area contributed by atoms with Crippen LogP contribution in [-0.4, -0.2) is 28.3 Å². The summed E-state index contributed by atoms with van der Waals surface area (Å²) < 4.78 is 46.1. The first kappa shape index (κ1) is 21.9. The van der Waals surface area contributed by atoms with Crippen LogP contribution in [0.15, 0.2) is 54.6 Å². The van der Waals surface area contributed by atoms with Crippen LogP contribution in [0.25, 0.3) is 11.4 Å². The van der Waals surface area contributed by atoms with E-state index in [2.05, 4.69) is 20.0 Å². The number of nitrogens with two attached hydrogens (primary N) is 1. The Morgan fingerprint density at radius 3 is 2.10 bits per heavy atom. The molecule has 1 heterocycles. The van der Waals surface area contributed by atoms with Crippen molar-refractivity contribution in [1.29, 1.82) is 0 Å². The number of carbonyl (C=O) groups is 1. The zero-order valence-electron chi connectivity index (χ0n) is 16.6. The standard InChI is InChI=1S/C21H19F3N4O3/c1-12-11-18(27-13(2)19(25)29)28-20(26-12)14-3-5-15(6-4-14)30-16-7-9-17(10-8-16)31-21(22,23)24/h3-11,13H,1-2H3,(H2,25,29)(H,26,27,28). The van der Waals surface area contributed by atoms with Crippen molar-refractivity contribution in [3.05, 3.63) is 60.3 Å². The molecule has 0 radical (unpaired) electrons. The predicted molar refractivity (Wildman–Crippen MR) is 108 cm³/mol. The molecule has 7 nitrogen and oxygen atoms in total. The first-order valence-corrected chi connectivity index (χ1v) is 9.15. The van der Waals surface area contributed by atoms with Crippen molar-refractivity contribution in [1.82, 2.24) is 9.97 Å². The molecule has 0 aliphatic heterocycles. The summed E-state index contributed by atoms with van der Waals surface area (Å²) in [4.78, 5) is 20.1. The summed E-state index contributed by atoms with van der Waals surface area (Å²) in [6.45, 7) is 3.43. The van der Waals surface area contributed by atoms with Crippen LogP contribution in [-0.2, 0) is 4.79 Å². The molecule has 0 fully saturated rings. The molecule has 0 spiro atoms. The number of nitrogens with one attached hydrogen (secondary N) is 1. The smallest absolute Gasteiger partial charge is 0.457 e. The largest absolute Gasteiger partial charge is 0.573 e. The van der Waals surface area contributed by atoms with Crippen molar-refractivity contribution in [3.8, 4) is 28.6 Å². The molecule has 0 bridgehead atoms. The molecular weight excluding hydrogens is 413 g/mol. The normalized spacial score (nSPS) is 12.2. The topological polar surface area (TPSA) is 99.4 Å². The molecule has 1 amide bonds. The Labute approximate surface area is 176 Å². The third-order valence-electron chi connectivity index (χ3n) is 4.05. The van der Waals surface area contributed by atoms with Crippen LogP contribution in [0.5, 0.6) is 17.2 Å². The predicted octanol–water partition coefficient (Wildman–Crippen LogP) is 4.43. The number of benzene rings is 2. The maximum absolute atomic E-state index is 12.2. The molecule has 31 heavy (non-hydrogen) atoms. The second-order valence-corrected chi connectivity index (χ2v) is 6.63. The van der Waals surface area contributed by atoms with Gasteiger partial charge < -0.3 is 20.5 Å². The van der Waals surface area contributed by atoms with Crippen molar-refractivity contribution < 1.29 is 27.4 Å². The van der Waals surface area contributed by atoms with Crippen LogP contribution in [0.4, 0.5) is 19.0 Å². The Morgan fingerprint density at radius 1 is 1.00 bits per heavy atom. The molecule has 3 rings (SSSR count). The van der Waals surface area contributed by atoms with E-state index in [4.69, 9.17) is 10.5 Å². The fraction of sp³-hybridized carbons (Fsp3) is 0.190. The van der Waals surface area contributed by atoms with Crippen molar-refractivity contribution in [3.63, 3.8) is 0 Å². The molecule has 3 N–H and O–H groups in total. The summed E-state index contributed by atoms with van der Waals surface area (Å²) in [5.74, 6) is 0.899. The summed E-state index contributed by atoms with van der Waals surface area (Å²) in [6.07, 6.45) is -4.75. The third-order valence-corrected chi connectivity index (χ3v) is 4.05. The van der Waals surface area contributed by atoms with Gasteiger partial charge in [-0.3, -0.25) is 4.79 Å². The van der Waals surface area contributed by atoms with Crippen LogP contribution in [0.3, 0.4) is 0 Å².